The van der Waals surface area contributed by atoms with E-state index < -0.39 is 11.7 Å². The number of anilines is 1. The van der Waals surface area contributed by atoms with Crippen molar-refractivity contribution in [1.82, 2.24) is 14.3 Å². The number of fused-ring (bicyclic) bond motifs is 2. The molecule has 0 atom stereocenters. The second kappa shape index (κ2) is 8.32. The van der Waals surface area contributed by atoms with E-state index in [1.54, 1.807) is 47.5 Å². The van der Waals surface area contributed by atoms with Crippen molar-refractivity contribution in [2.45, 2.75) is 6.18 Å². The van der Waals surface area contributed by atoms with Gasteiger partial charge in [-0.3, -0.25) is 14.0 Å². The van der Waals surface area contributed by atoms with Gasteiger partial charge in [-0.1, -0.05) is 17.7 Å². The normalized spacial score (nSPS) is 14.7. The predicted molar refractivity (Wildman–Crippen MR) is 124 cm³/mol. The molecule has 34 heavy (non-hydrogen) atoms. The topological polar surface area (TPSA) is 57.9 Å². The Kier molecular flexibility index (Phi) is 5.44. The van der Waals surface area contributed by atoms with Gasteiger partial charge in [0.05, 0.1) is 22.0 Å². The summed E-state index contributed by atoms with van der Waals surface area (Å²) in [6.45, 7) is 1.40. The molecule has 4 aromatic rings. The van der Waals surface area contributed by atoms with E-state index in [0.29, 0.717) is 47.8 Å². The summed E-state index contributed by atoms with van der Waals surface area (Å²) in [6, 6.07) is 13.2. The maximum atomic E-state index is 13.3. The second-order valence-corrected chi connectivity index (χ2v) is 8.46. The summed E-state index contributed by atoms with van der Waals surface area (Å²) in [5.41, 5.74) is 0.348. The van der Waals surface area contributed by atoms with Crippen molar-refractivity contribution in [3.8, 4) is 0 Å². The van der Waals surface area contributed by atoms with Crippen molar-refractivity contribution in [3.05, 3.63) is 87.3 Å². The van der Waals surface area contributed by atoms with Gasteiger partial charge in [-0.05, 0) is 48.5 Å². The first kappa shape index (κ1) is 22.2. The lowest BCUT2D eigenvalue weighted by molar-refractivity contribution is -0.137. The molecule has 6 nitrogen and oxygen atoms in total. The van der Waals surface area contributed by atoms with Crippen LogP contribution in [0.4, 0.5) is 18.9 Å². The number of nitrogens with zero attached hydrogens (tertiary/aromatic N) is 4. The molecule has 1 amide bonds. The number of alkyl halides is 3. The zero-order valence-corrected chi connectivity index (χ0v) is 18.5. The standard InChI is InChI=1S/C24H18ClF3N4O2/c25-16-6-7-18-20(14-16)29-21-19(5-2-8-32(21)23(18)34)22(33)31-11-9-30(10-12-31)17-4-1-3-15(13-17)24(26,27)28/h1-8,13-14H,9-12H2. The Morgan fingerprint density at radius 2 is 1.74 bits per heavy atom. The molecule has 174 valence electrons. The highest BCUT2D eigenvalue weighted by Crippen LogP contribution is 2.32. The van der Waals surface area contributed by atoms with Crippen LogP contribution in [0.25, 0.3) is 16.6 Å². The molecule has 5 rings (SSSR count). The molecule has 0 bridgehead atoms. The first-order chi connectivity index (χ1) is 16.2. The lowest BCUT2D eigenvalue weighted by Crippen LogP contribution is -2.49. The molecular formula is C24H18ClF3N4O2. The van der Waals surface area contributed by atoms with Gasteiger partial charge in [-0.15, -0.1) is 0 Å². The zero-order valence-electron chi connectivity index (χ0n) is 17.7. The second-order valence-electron chi connectivity index (χ2n) is 8.02. The summed E-state index contributed by atoms with van der Waals surface area (Å²) in [5.74, 6) is -0.296. The molecule has 3 heterocycles. The molecule has 0 radical (unpaired) electrons. The van der Waals surface area contributed by atoms with Crippen LogP contribution in [-0.4, -0.2) is 46.4 Å². The summed E-state index contributed by atoms with van der Waals surface area (Å²) in [7, 11) is 0. The van der Waals surface area contributed by atoms with Crippen LogP contribution >= 0.6 is 11.6 Å². The molecule has 2 aromatic carbocycles. The maximum Gasteiger partial charge on any atom is 0.416 e. The predicted octanol–water partition coefficient (Wildman–Crippen LogP) is 4.48. The number of hydrogen-bond donors (Lipinski definition) is 0. The Bertz CT molecular complexity index is 1480. The molecule has 1 saturated heterocycles. The summed E-state index contributed by atoms with van der Waals surface area (Å²) in [5, 5.41) is 0.819. The molecule has 0 N–H and O–H groups in total. The van der Waals surface area contributed by atoms with E-state index in [4.69, 9.17) is 11.6 Å². The van der Waals surface area contributed by atoms with Gasteiger partial charge in [0.1, 0.15) is 0 Å². The van der Waals surface area contributed by atoms with Crippen LogP contribution in [0, 0.1) is 0 Å². The van der Waals surface area contributed by atoms with E-state index in [9.17, 15) is 22.8 Å². The molecule has 0 unspecified atom stereocenters. The highest BCUT2D eigenvalue weighted by Gasteiger charge is 2.31. The number of carbonyl (C=O) groups is 1. The minimum atomic E-state index is -4.42. The van der Waals surface area contributed by atoms with E-state index in [-0.39, 0.29) is 22.7 Å². The van der Waals surface area contributed by atoms with E-state index in [1.165, 1.54) is 10.5 Å². The van der Waals surface area contributed by atoms with Crippen LogP contribution in [-0.2, 0) is 6.18 Å². The largest absolute Gasteiger partial charge is 0.416 e. The molecule has 0 spiro atoms. The Balaban J connectivity index is 1.41. The van der Waals surface area contributed by atoms with E-state index in [1.807, 2.05) is 4.90 Å². The Morgan fingerprint density at radius 1 is 0.971 bits per heavy atom. The monoisotopic (exact) mass is 486 g/mol. The van der Waals surface area contributed by atoms with Crippen molar-refractivity contribution in [2.75, 3.05) is 31.1 Å². The molecule has 10 heteroatoms. The molecule has 2 aromatic heterocycles. The average molecular weight is 487 g/mol. The third-order valence-corrected chi connectivity index (χ3v) is 6.17. The van der Waals surface area contributed by atoms with Crippen LogP contribution in [0.5, 0.6) is 0 Å². The molecule has 0 saturated carbocycles. The van der Waals surface area contributed by atoms with E-state index in [0.717, 1.165) is 12.1 Å². The van der Waals surface area contributed by atoms with Crippen molar-refractivity contribution in [2.24, 2.45) is 0 Å². The highest BCUT2D eigenvalue weighted by atomic mass is 35.5. The summed E-state index contributed by atoms with van der Waals surface area (Å²) >= 11 is 6.05. The third-order valence-electron chi connectivity index (χ3n) is 5.94. The number of aromatic nitrogens is 2. The molecule has 1 aliphatic heterocycles. The van der Waals surface area contributed by atoms with Gasteiger partial charge in [0.2, 0.25) is 0 Å². The first-order valence-electron chi connectivity index (χ1n) is 10.5. The summed E-state index contributed by atoms with van der Waals surface area (Å²) < 4.78 is 40.5. The smallest absolute Gasteiger partial charge is 0.368 e. The van der Waals surface area contributed by atoms with Crippen LogP contribution in [0.15, 0.2) is 65.6 Å². The van der Waals surface area contributed by atoms with Gasteiger partial charge < -0.3 is 9.80 Å². The fraction of sp³-hybridized carbons (Fsp3) is 0.208. The van der Waals surface area contributed by atoms with Crippen molar-refractivity contribution in [3.63, 3.8) is 0 Å². The highest BCUT2D eigenvalue weighted by molar-refractivity contribution is 6.31. The zero-order chi connectivity index (χ0) is 24.0. The fourth-order valence-electron chi connectivity index (χ4n) is 4.18. The number of pyridine rings is 1. The van der Waals surface area contributed by atoms with E-state index >= 15 is 0 Å². The van der Waals surface area contributed by atoms with Crippen LogP contribution < -0.4 is 10.5 Å². The van der Waals surface area contributed by atoms with Crippen molar-refractivity contribution >= 4 is 39.7 Å². The number of benzene rings is 2. The van der Waals surface area contributed by atoms with Gasteiger partial charge in [0.15, 0.2) is 5.65 Å². The van der Waals surface area contributed by atoms with E-state index in [2.05, 4.69) is 4.98 Å². The number of halogens is 4. The third kappa shape index (κ3) is 3.96. The van der Waals surface area contributed by atoms with Crippen LogP contribution in [0.3, 0.4) is 0 Å². The average Bonchev–Trinajstić information content (AvgIpc) is 2.83. The number of rotatable bonds is 2. The van der Waals surface area contributed by atoms with Crippen LogP contribution in [0.2, 0.25) is 5.02 Å². The Hall–Kier alpha value is -3.59. The first-order valence-corrected chi connectivity index (χ1v) is 10.9. The number of amides is 1. The van der Waals surface area contributed by atoms with Gasteiger partial charge in [0, 0.05) is 43.1 Å². The summed E-state index contributed by atoms with van der Waals surface area (Å²) in [4.78, 5) is 34.2. The van der Waals surface area contributed by atoms with Gasteiger partial charge in [-0.2, -0.15) is 13.2 Å². The minimum absolute atomic E-state index is 0.229. The van der Waals surface area contributed by atoms with Gasteiger partial charge in [-0.25, -0.2) is 4.98 Å². The number of hydrogen-bond acceptors (Lipinski definition) is 4. The maximum absolute atomic E-state index is 13.3. The van der Waals surface area contributed by atoms with Gasteiger partial charge >= 0.3 is 6.18 Å². The lowest BCUT2D eigenvalue weighted by Gasteiger charge is -2.36. The fourth-order valence-corrected chi connectivity index (χ4v) is 4.35. The van der Waals surface area contributed by atoms with Crippen molar-refractivity contribution in [1.29, 1.82) is 0 Å². The molecular weight excluding hydrogens is 469 g/mol. The van der Waals surface area contributed by atoms with Gasteiger partial charge in [0.25, 0.3) is 11.5 Å². The molecule has 1 fully saturated rings. The molecule has 1 aliphatic rings. The molecule has 0 aliphatic carbocycles. The minimum Gasteiger partial charge on any atom is -0.368 e. The van der Waals surface area contributed by atoms with Crippen molar-refractivity contribution < 1.29 is 18.0 Å². The Morgan fingerprint density at radius 3 is 2.47 bits per heavy atom. The number of piperazine rings is 1. The summed E-state index contributed by atoms with van der Waals surface area (Å²) in [6.07, 6.45) is -2.86. The van der Waals surface area contributed by atoms with Crippen LogP contribution in [0.1, 0.15) is 15.9 Å². The SMILES string of the molecule is O=C(c1cccn2c(=O)c3ccc(Cl)cc3nc12)N1CCN(c2cccc(C(F)(F)F)c2)CC1. The quantitative estimate of drug-likeness (QED) is 0.392. The lowest BCUT2D eigenvalue weighted by atomic mass is 10.1. The number of carbonyl (C=O) groups excluding carboxylic acids is 1. The Labute approximate surface area is 196 Å².